The summed E-state index contributed by atoms with van der Waals surface area (Å²) in [5.41, 5.74) is 14.0. The van der Waals surface area contributed by atoms with Crippen molar-refractivity contribution in [2.45, 2.75) is 191 Å². The second-order valence-electron chi connectivity index (χ2n) is 15.6. The molecule has 3 unspecified atom stereocenters. The lowest BCUT2D eigenvalue weighted by molar-refractivity contribution is -0.269. The molecule has 1 saturated heterocycles. The van der Waals surface area contributed by atoms with Gasteiger partial charge >= 0.3 is 13.8 Å². The van der Waals surface area contributed by atoms with Crippen molar-refractivity contribution in [3.63, 3.8) is 0 Å². The van der Waals surface area contributed by atoms with Gasteiger partial charge in [-0.3, -0.25) is 33.0 Å². The van der Waals surface area contributed by atoms with Crippen molar-refractivity contribution in [2.75, 3.05) is 26.4 Å². The number of phosphoric acid groups is 1. The number of amides is 3. The SMILES string of the molecule is CCCCCCCCCCCCCCCCOP(=O)(O)OCCNC(=O)C(CC(C)O[C@H]1[C@H](O)[C@@H](CO)O[C@H](O)[C@@H]1NC(C)=O)(OC(=O)CC[C@@H](N)C(N)=O)C(=O)[C@H](C)N. The number of phosphoric ester groups is 1. The molecule has 0 radical (unpaired) electrons. The van der Waals surface area contributed by atoms with Gasteiger partial charge in [-0.25, -0.2) is 4.57 Å². The van der Waals surface area contributed by atoms with Crippen molar-refractivity contribution in [1.82, 2.24) is 10.6 Å². The highest BCUT2D eigenvalue weighted by molar-refractivity contribution is 7.47. The maximum atomic E-state index is 14.0. The minimum Gasteiger partial charge on any atom is -0.441 e. The second-order valence-corrected chi connectivity index (χ2v) is 17.0. The number of nitrogens with one attached hydrogen (secondary N) is 2. The van der Waals surface area contributed by atoms with Crippen LogP contribution in [0.3, 0.4) is 0 Å². The number of unbranched alkanes of at least 4 members (excludes halogenated alkanes) is 13. The molecule has 20 nitrogen and oxygen atoms in total. The van der Waals surface area contributed by atoms with Crippen LogP contribution in [0.15, 0.2) is 0 Å². The van der Waals surface area contributed by atoms with Gasteiger partial charge in [0.2, 0.25) is 17.6 Å². The van der Waals surface area contributed by atoms with E-state index in [0.29, 0.717) is 6.42 Å². The predicted molar refractivity (Wildman–Crippen MR) is 219 cm³/mol. The number of carbonyl (C=O) groups is 5. The van der Waals surface area contributed by atoms with Gasteiger partial charge in [-0.15, -0.1) is 0 Å². The number of Topliss-reactive ketones (excluding diaryl/α,β-unsaturated/α-hetero) is 1. The number of esters is 1. The van der Waals surface area contributed by atoms with Crippen LogP contribution in [0.1, 0.15) is 137 Å². The van der Waals surface area contributed by atoms with Crippen LogP contribution in [-0.4, -0.2) is 130 Å². The van der Waals surface area contributed by atoms with Crippen LogP contribution in [0.4, 0.5) is 0 Å². The summed E-state index contributed by atoms with van der Waals surface area (Å²) in [6.45, 7) is 4.07. The summed E-state index contributed by atoms with van der Waals surface area (Å²) in [5.74, 6) is -5.05. The Hall–Kier alpha value is -2.62. The molecule has 3 amide bonds. The molecule has 0 aromatic carbocycles. The first-order valence-electron chi connectivity index (χ1n) is 21.3. The number of aliphatic hydroxyl groups excluding tert-OH is 3. The molecule has 0 saturated carbocycles. The lowest BCUT2D eigenvalue weighted by Gasteiger charge is -2.44. The Kier molecular flexibility index (Phi) is 27.4. The molecule has 1 aliphatic heterocycles. The number of ether oxygens (including phenoxy) is 3. The van der Waals surface area contributed by atoms with Crippen molar-refractivity contribution < 1.29 is 72.0 Å². The molecule has 0 aliphatic carbocycles. The van der Waals surface area contributed by atoms with Gasteiger partial charge in [-0.2, -0.15) is 0 Å². The zero-order valence-electron chi connectivity index (χ0n) is 35.9. The molecule has 60 heavy (non-hydrogen) atoms. The van der Waals surface area contributed by atoms with Crippen molar-refractivity contribution in [1.29, 1.82) is 0 Å². The standard InChI is InChI=1S/C39H74N5O15P/c1-5-6-7-8-9-10-11-12-13-14-15-16-17-18-22-55-60(53,54)56-23-21-43-38(52)39(35(49)27(3)40,59-31(47)20-19-29(41)36(42)50)24-26(2)57-34-32(44-28(4)46)37(51)58-30(25-45)33(34)48/h26-27,29-30,32-34,37,45,48,51H,5-25,40-41H2,1-4H3,(H2,42,50)(H,43,52)(H,44,46)(H,53,54)/t26?,27-,29+,30+,32+,33+,34+,37-,39?/m0/s1. The van der Waals surface area contributed by atoms with Gasteiger partial charge < -0.3 is 62.3 Å². The fourth-order valence-electron chi connectivity index (χ4n) is 6.81. The fraction of sp³-hybridized carbons (Fsp3) is 0.872. The van der Waals surface area contributed by atoms with Crippen LogP contribution >= 0.6 is 7.82 Å². The highest BCUT2D eigenvalue weighted by Crippen LogP contribution is 2.43. The molecular formula is C39H74N5O15P. The number of hydrogen-bond acceptors (Lipinski definition) is 16. The Labute approximate surface area is 354 Å². The van der Waals surface area contributed by atoms with Crippen LogP contribution < -0.4 is 27.8 Å². The maximum absolute atomic E-state index is 14.0. The average Bonchev–Trinajstić information content (AvgIpc) is 3.18. The van der Waals surface area contributed by atoms with Crippen molar-refractivity contribution in [3.05, 3.63) is 0 Å². The van der Waals surface area contributed by atoms with Gasteiger partial charge in [0.05, 0.1) is 38.0 Å². The normalized spacial score (nSPS) is 22.7. The minimum atomic E-state index is -4.54. The van der Waals surface area contributed by atoms with Gasteiger partial charge in [0.1, 0.15) is 24.4 Å². The van der Waals surface area contributed by atoms with Crippen LogP contribution in [0.2, 0.25) is 0 Å². The van der Waals surface area contributed by atoms with Gasteiger partial charge in [0.25, 0.3) is 11.5 Å². The Morgan fingerprint density at radius 2 is 1.40 bits per heavy atom. The Balaban J connectivity index is 2.92. The van der Waals surface area contributed by atoms with E-state index in [1.165, 1.54) is 71.6 Å². The van der Waals surface area contributed by atoms with Crippen LogP contribution in [0.5, 0.6) is 0 Å². The smallest absolute Gasteiger partial charge is 0.441 e. The monoisotopic (exact) mass is 883 g/mol. The van der Waals surface area contributed by atoms with Crippen molar-refractivity contribution >= 4 is 37.3 Å². The first-order chi connectivity index (χ1) is 28.3. The Morgan fingerprint density at radius 1 is 0.867 bits per heavy atom. The Morgan fingerprint density at radius 3 is 1.90 bits per heavy atom. The van der Waals surface area contributed by atoms with Gasteiger partial charge in [-0.1, -0.05) is 90.4 Å². The summed E-state index contributed by atoms with van der Waals surface area (Å²) in [6, 6.07) is -4.08. The molecule has 1 rings (SSSR count). The molecule has 12 N–H and O–H groups in total. The highest BCUT2D eigenvalue weighted by atomic mass is 31.2. The first kappa shape index (κ1) is 55.4. The van der Waals surface area contributed by atoms with Gasteiger partial charge in [0.15, 0.2) is 6.29 Å². The van der Waals surface area contributed by atoms with Crippen LogP contribution in [0, 0.1) is 0 Å². The molecule has 0 bridgehead atoms. The molecule has 1 heterocycles. The third kappa shape index (κ3) is 21.0. The third-order valence-corrected chi connectivity index (χ3v) is 11.1. The van der Waals surface area contributed by atoms with E-state index in [4.69, 9.17) is 40.5 Å². The molecule has 21 heteroatoms. The zero-order chi connectivity index (χ0) is 45.3. The summed E-state index contributed by atoms with van der Waals surface area (Å²) in [7, 11) is -4.54. The van der Waals surface area contributed by atoms with E-state index >= 15 is 0 Å². The van der Waals surface area contributed by atoms with E-state index in [1.807, 2.05) is 0 Å². The summed E-state index contributed by atoms with van der Waals surface area (Å²) in [5, 5.41) is 35.9. The number of hydrogen-bond donors (Lipinski definition) is 9. The number of primary amides is 1. The first-order valence-corrected chi connectivity index (χ1v) is 22.8. The minimum absolute atomic E-state index is 0.0297. The van der Waals surface area contributed by atoms with Crippen molar-refractivity contribution in [2.24, 2.45) is 17.2 Å². The third-order valence-electron chi connectivity index (χ3n) is 10.1. The molecule has 0 aromatic rings. The molecule has 0 aromatic heterocycles. The average molecular weight is 884 g/mol. The lowest BCUT2D eigenvalue weighted by atomic mass is 9.86. The highest BCUT2D eigenvalue weighted by Gasteiger charge is 2.53. The van der Waals surface area contributed by atoms with E-state index < -0.39 is 124 Å². The van der Waals surface area contributed by atoms with Gasteiger partial charge in [0, 0.05) is 26.3 Å². The lowest BCUT2D eigenvalue weighted by Crippen LogP contribution is -2.66. The summed E-state index contributed by atoms with van der Waals surface area (Å²) in [4.78, 5) is 74.5. The van der Waals surface area contributed by atoms with E-state index in [0.717, 1.165) is 32.6 Å². The summed E-state index contributed by atoms with van der Waals surface area (Å²) in [6.07, 6.45) is 6.83. The van der Waals surface area contributed by atoms with E-state index in [1.54, 1.807) is 0 Å². The molecule has 1 fully saturated rings. The number of carbonyl (C=O) groups excluding carboxylic acids is 5. The predicted octanol–water partition coefficient (Wildman–Crippen LogP) is 1.25. The number of aliphatic hydroxyl groups is 3. The van der Waals surface area contributed by atoms with E-state index in [9.17, 15) is 48.8 Å². The van der Waals surface area contributed by atoms with E-state index in [2.05, 4.69) is 17.6 Å². The van der Waals surface area contributed by atoms with Crippen LogP contribution in [0.25, 0.3) is 0 Å². The largest absolute Gasteiger partial charge is 0.472 e. The maximum Gasteiger partial charge on any atom is 0.472 e. The molecule has 1 aliphatic rings. The zero-order valence-corrected chi connectivity index (χ0v) is 36.8. The molecule has 10 atom stereocenters. The molecule has 0 spiro atoms. The number of ketones is 1. The number of nitrogens with two attached hydrogens (primary N) is 3. The summed E-state index contributed by atoms with van der Waals surface area (Å²) < 4.78 is 39.3. The summed E-state index contributed by atoms with van der Waals surface area (Å²) >= 11 is 0. The second kappa shape index (κ2) is 29.6. The topological polar surface area (TPSA) is 332 Å². The quantitative estimate of drug-likeness (QED) is 0.0190. The number of rotatable bonds is 34. The van der Waals surface area contributed by atoms with E-state index in [-0.39, 0.29) is 13.0 Å². The fourth-order valence-corrected chi connectivity index (χ4v) is 7.57. The molecular weight excluding hydrogens is 809 g/mol. The van der Waals surface area contributed by atoms with Crippen molar-refractivity contribution in [3.8, 4) is 0 Å². The van der Waals surface area contributed by atoms with Crippen LogP contribution in [-0.2, 0) is 51.8 Å². The molecule has 350 valence electrons. The van der Waals surface area contributed by atoms with Gasteiger partial charge in [-0.05, 0) is 26.7 Å². The Bertz CT molecular complexity index is 1350.